The van der Waals surface area contributed by atoms with Gasteiger partial charge in [-0.15, -0.1) is 0 Å². The summed E-state index contributed by atoms with van der Waals surface area (Å²) in [6.07, 6.45) is 5.47. The van der Waals surface area contributed by atoms with E-state index in [4.69, 9.17) is 4.98 Å². The van der Waals surface area contributed by atoms with Crippen LogP contribution in [0.25, 0.3) is 28.5 Å². The van der Waals surface area contributed by atoms with Crippen molar-refractivity contribution in [1.82, 2.24) is 24.7 Å². The van der Waals surface area contributed by atoms with Crippen LogP contribution < -0.4 is 0 Å². The van der Waals surface area contributed by atoms with Crippen LogP contribution >= 0.6 is 0 Å². The Balaban J connectivity index is 1.71. The van der Waals surface area contributed by atoms with Gasteiger partial charge in [-0.1, -0.05) is 36.4 Å². The molecule has 112 valence electrons. The molecular weight excluding hydrogens is 286 g/mol. The smallest absolute Gasteiger partial charge is 0.153 e. The number of nitrogens with one attached hydrogen (secondary N) is 1. The predicted octanol–water partition coefficient (Wildman–Crippen LogP) is 3.63. The summed E-state index contributed by atoms with van der Waals surface area (Å²) in [6, 6.07) is 15.9. The average molecular weight is 301 g/mol. The van der Waals surface area contributed by atoms with E-state index in [-0.39, 0.29) is 0 Å². The van der Waals surface area contributed by atoms with Gasteiger partial charge in [0.1, 0.15) is 5.82 Å². The van der Waals surface area contributed by atoms with Gasteiger partial charge in [0, 0.05) is 23.7 Å². The van der Waals surface area contributed by atoms with Crippen LogP contribution in [0.4, 0.5) is 0 Å². The molecule has 0 aliphatic carbocycles. The van der Waals surface area contributed by atoms with Gasteiger partial charge < -0.3 is 4.98 Å². The second-order valence-corrected chi connectivity index (χ2v) is 5.29. The Morgan fingerprint density at radius 1 is 0.957 bits per heavy atom. The number of rotatable bonds is 3. The molecule has 0 aliphatic rings. The SMILES string of the molecule is Cc1[nH]c(-c2cnn(-c3ccccn3)c2)nc1-c1ccccc1. The highest BCUT2D eigenvalue weighted by Crippen LogP contribution is 2.25. The van der Waals surface area contributed by atoms with Crippen molar-refractivity contribution in [3.8, 4) is 28.5 Å². The first-order valence-corrected chi connectivity index (χ1v) is 7.40. The van der Waals surface area contributed by atoms with Crippen molar-refractivity contribution >= 4 is 0 Å². The zero-order chi connectivity index (χ0) is 15.6. The molecule has 1 aromatic carbocycles. The van der Waals surface area contributed by atoms with Crippen LogP contribution in [0.1, 0.15) is 5.69 Å². The fourth-order valence-electron chi connectivity index (χ4n) is 2.53. The molecular formula is C18H15N5. The number of pyridine rings is 1. The maximum absolute atomic E-state index is 4.73. The van der Waals surface area contributed by atoms with Crippen LogP contribution in [0.2, 0.25) is 0 Å². The van der Waals surface area contributed by atoms with Crippen LogP contribution in [-0.4, -0.2) is 24.7 Å². The maximum atomic E-state index is 4.73. The highest BCUT2D eigenvalue weighted by atomic mass is 15.3. The van der Waals surface area contributed by atoms with Crippen molar-refractivity contribution in [2.75, 3.05) is 0 Å². The summed E-state index contributed by atoms with van der Waals surface area (Å²) >= 11 is 0. The van der Waals surface area contributed by atoms with Gasteiger partial charge in [-0.25, -0.2) is 14.6 Å². The van der Waals surface area contributed by atoms with E-state index >= 15 is 0 Å². The number of nitrogens with zero attached hydrogens (tertiary/aromatic N) is 4. The monoisotopic (exact) mass is 301 g/mol. The number of aromatic amines is 1. The van der Waals surface area contributed by atoms with Crippen molar-refractivity contribution < 1.29 is 0 Å². The molecule has 0 saturated carbocycles. The summed E-state index contributed by atoms with van der Waals surface area (Å²) in [7, 11) is 0. The fourth-order valence-corrected chi connectivity index (χ4v) is 2.53. The Labute approximate surface area is 133 Å². The van der Waals surface area contributed by atoms with E-state index in [0.717, 1.165) is 34.2 Å². The molecule has 0 spiro atoms. The maximum Gasteiger partial charge on any atom is 0.153 e. The molecule has 4 rings (SSSR count). The molecule has 3 heterocycles. The summed E-state index contributed by atoms with van der Waals surface area (Å²) in [4.78, 5) is 12.4. The van der Waals surface area contributed by atoms with Crippen LogP contribution in [0.5, 0.6) is 0 Å². The van der Waals surface area contributed by atoms with E-state index < -0.39 is 0 Å². The van der Waals surface area contributed by atoms with E-state index in [1.54, 1.807) is 17.1 Å². The zero-order valence-corrected chi connectivity index (χ0v) is 12.6. The lowest BCUT2D eigenvalue weighted by atomic mass is 10.1. The van der Waals surface area contributed by atoms with E-state index in [1.165, 1.54) is 0 Å². The summed E-state index contributed by atoms with van der Waals surface area (Å²) in [6.45, 7) is 2.03. The van der Waals surface area contributed by atoms with Crippen LogP contribution in [0.3, 0.4) is 0 Å². The van der Waals surface area contributed by atoms with Gasteiger partial charge in [0.15, 0.2) is 5.82 Å². The van der Waals surface area contributed by atoms with Gasteiger partial charge in [-0.05, 0) is 19.1 Å². The number of hydrogen-bond donors (Lipinski definition) is 1. The standard InChI is InChI=1S/C18H15N5/c1-13-17(14-7-3-2-4-8-14)22-18(21-13)15-11-20-23(12-15)16-9-5-6-10-19-16/h2-12H,1H3,(H,21,22). The van der Waals surface area contributed by atoms with Gasteiger partial charge in [0.2, 0.25) is 0 Å². The van der Waals surface area contributed by atoms with Gasteiger partial charge in [-0.2, -0.15) is 5.10 Å². The van der Waals surface area contributed by atoms with Crippen molar-refractivity contribution in [3.63, 3.8) is 0 Å². The summed E-state index contributed by atoms with van der Waals surface area (Å²) in [5.74, 6) is 1.59. The molecule has 0 aliphatic heterocycles. The number of H-pyrrole nitrogens is 1. The number of hydrogen-bond acceptors (Lipinski definition) is 3. The minimum Gasteiger partial charge on any atom is -0.341 e. The highest BCUT2D eigenvalue weighted by molar-refractivity contribution is 5.66. The predicted molar refractivity (Wildman–Crippen MR) is 89.1 cm³/mol. The minimum atomic E-state index is 0.783. The summed E-state index contributed by atoms with van der Waals surface area (Å²) in [5, 5.41) is 4.37. The van der Waals surface area contributed by atoms with Crippen molar-refractivity contribution in [2.24, 2.45) is 0 Å². The molecule has 5 nitrogen and oxygen atoms in total. The van der Waals surface area contributed by atoms with Crippen molar-refractivity contribution in [2.45, 2.75) is 6.92 Å². The van der Waals surface area contributed by atoms with E-state index in [0.29, 0.717) is 0 Å². The highest BCUT2D eigenvalue weighted by Gasteiger charge is 2.12. The minimum absolute atomic E-state index is 0.783. The number of aromatic nitrogens is 5. The second kappa shape index (κ2) is 5.53. The lowest BCUT2D eigenvalue weighted by Gasteiger charge is -1.97. The normalized spacial score (nSPS) is 10.8. The second-order valence-electron chi connectivity index (χ2n) is 5.29. The lowest BCUT2D eigenvalue weighted by Crippen LogP contribution is -1.95. The van der Waals surface area contributed by atoms with E-state index in [1.807, 2.05) is 49.5 Å². The molecule has 23 heavy (non-hydrogen) atoms. The third kappa shape index (κ3) is 2.53. The van der Waals surface area contributed by atoms with Crippen molar-refractivity contribution in [3.05, 3.63) is 72.8 Å². The first kappa shape index (κ1) is 13.5. The first-order chi connectivity index (χ1) is 11.3. The molecule has 0 saturated heterocycles. The van der Waals surface area contributed by atoms with Crippen LogP contribution in [0.15, 0.2) is 67.1 Å². The third-order valence-electron chi connectivity index (χ3n) is 3.67. The Morgan fingerprint density at radius 2 is 1.78 bits per heavy atom. The lowest BCUT2D eigenvalue weighted by molar-refractivity contribution is 0.847. The largest absolute Gasteiger partial charge is 0.341 e. The van der Waals surface area contributed by atoms with Gasteiger partial charge >= 0.3 is 0 Å². The van der Waals surface area contributed by atoms with E-state index in [2.05, 4.69) is 27.2 Å². The number of aryl methyl sites for hydroxylation is 1. The Morgan fingerprint density at radius 3 is 2.57 bits per heavy atom. The Bertz CT molecular complexity index is 922. The van der Waals surface area contributed by atoms with Crippen LogP contribution in [0, 0.1) is 6.92 Å². The molecule has 0 amide bonds. The van der Waals surface area contributed by atoms with E-state index in [9.17, 15) is 0 Å². The summed E-state index contributed by atoms with van der Waals surface area (Å²) < 4.78 is 1.75. The number of imidazole rings is 1. The molecule has 4 aromatic rings. The van der Waals surface area contributed by atoms with Crippen LogP contribution in [-0.2, 0) is 0 Å². The average Bonchev–Trinajstić information content (AvgIpc) is 3.23. The first-order valence-electron chi connectivity index (χ1n) is 7.40. The Hall–Kier alpha value is -3.21. The molecule has 5 heteroatoms. The topological polar surface area (TPSA) is 59.4 Å². The fraction of sp³-hybridized carbons (Fsp3) is 0.0556. The summed E-state index contributed by atoms with van der Waals surface area (Å²) in [5.41, 5.74) is 4.04. The molecule has 0 bridgehead atoms. The zero-order valence-electron chi connectivity index (χ0n) is 12.6. The number of benzene rings is 1. The van der Waals surface area contributed by atoms with Gasteiger partial charge in [0.05, 0.1) is 17.5 Å². The quantitative estimate of drug-likeness (QED) is 0.628. The molecule has 3 aromatic heterocycles. The van der Waals surface area contributed by atoms with Gasteiger partial charge in [-0.3, -0.25) is 0 Å². The molecule has 1 N–H and O–H groups in total. The molecule has 0 atom stereocenters. The molecule has 0 unspecified atom stereocenters. The molecule has 0 radical (unpaired) electrons. The van der Waals surface area contributed by atoms with Crippen molar-refractivity contribution in [1.29, 1.82) is 0 Å². The third-order valence-corrected chi connectivity index (χ3v) is 3.67. The molecule has 0 fully saturated rings. The Kier molecular flexibility index (Phi) is 3.24. The van der Waals surface area contributed by atoms with Gasteiger partial charge in [0.25, 0.3) is 0 Å².